The average Bonchev–Trinajstić information content (AvgIpc) is 3.84. The van der Waals surface area contributed by atoms with Crippen LogP contribution < -0.4 is 21.1 Å². The number of hydrogen-bond acceptors (Lipinski definition) is 8. The van der Waals surface area contributed by atoms with Gasteiger partial charge in [-0.25, -0.2) is 4.98 Å². The number of carbonyl (C=O) groups excluding carboxylic acids is 1. The summed E-state index contributed by atoms with van der Waals surface area (Å²) in [6.07, 6.45) is 0.207. The summed E-state index contributed by atoms with van der Waals surface area (Å²) in [5, 5.41) is 7.65. The van der Waals surface area contributed by atoms with Gasteiger partial charge in [0.15, 0.2) is 28.6 Å². The molecule has 1 amide bonds. The van der Waals surface area contributed by atoms with Gasteiger partial charge in [0.1, 0.15) is 17.2 Å². The van der Waals surface area contributed by atoms with Crippen LogP contribution >= 0.6 is 39.1 Å². The van der Waals surface area contributed by atoms with E-state index in [4.69, 9.17) is 52.5 Å². The standard InChI is InChI=1S/C36H26BrCl2N5O4/c1-13(2)25-33-42-27-30(48-33)36-18-8-4-7-17(16-6-3-5-15-12-21(38)24(23(15)16)29-31(39)44-34(27)46-29)26(18)43-35(36)47-28-19(36)9-14(10-20(28)37)11-22(40)32(45)41-25/h3-10,13,22,25,35,43H,11-12,40H2,1-2H3,(H,41,45)/t22-,25?,35?,36-/m0/s1. The van der Waals surface area contributed by atoms with Crippen LogP contribution in [0.2, 0.25) is 5.15 Å². The van der Waals surface area contributed by atoms with E-state index in [2.05, 4.69) is 63.0 Å². The summed E-state index contributed by atoms with van der Waals surface area (Å²) in [5.74, 6) is 1.54. The predicted octanol–water partition coefficient (Wildman–Crippen LogP) is 7.46. The van der Waals surface area contributed by atoms with Crippen molar-refractivity contribution < 1.29 is 18.4 Å². The zero-order valence-electron chi connectivity index (χ0n) is 25.6. The van der Waals surface area contributed by atoms with Crippen LogP contribution in [0.25, 0.3) is 28.3 Å². The highest BCUT2D eigenvalue weighted by Gasteiger charge is 2.62. The maximum atomic E-state index is 13.5. The highest BCUT2D eigenvalue weighted by atomic mass is 79.9. The fourth-order valence-corrected chi connectivity index (χ4v) is 9.30. The molecule has 10 bridgehead atoms. The lowest BCUT2D eigenvalue weighted by Crippen LogP contribution is -2.45. The molecular formula is C36H26BrCl2N5O4. The molecule has 6 heterocycles. The molecule has 0 fully saturated rings. The van der Waals surface area contributed by atoms with Crippen molar-refractivity contribution in [2.75, 3.05) is 5.32 Å². The zero-order valence-corrected chi connectivity index (χ0v) is 28.7. The Bertz CT molecular complexity index is 2330. The minimum atomic E-state index is -1.05. The van der Waals surface area contributed by atoms with Gasteiger partial charge in [-0.15, -0.1) is 0 Å². The van der Waals surface area contributed by atoms with Gasteiger partial charge >= 0.3 is 0 Å². The van der Waals surface area contributed by atoms with E-state index < -0.39 is 23.7 Å². The molecule has 4 atom stereocenters. The Morgan fingerprint density at radius 3 is 2.69 bits per heavy atom. The third-order valence-electron chi connectivity index (χ3n) is 10.3. The van der Waals surface area contributed by atoms with Crippen LogP contribution in [0.3, 0.4) is 0 Å². The largest absolute Gasteiger partial charge is 0.467 e. The van der Waals surface area contributed by atoms with Gasteiger partial charge in [0.25, 0.3) is 5.89 Å². The van der Waals surface area contributed by atoms with Crippen LogP contribution in [0.5, 0.6) is 5.75 Å². The van der Waals surface area contributed by atoms with Gasteiger partial charge in [-0.3, -0.25) is 4.79 Å². The van der Waals surface area contributed by atoms with Crippen LogP contribution in [-0.4, -0.2) is 28.1 Å². The number of nitrogens with two attached hydrogens (primary N) is 1. The van der Waals surface area contributed by atoms with Crippen molar-refractivity contribution in [3.63, 3.8) is 0 Å². The SMILES string of the molecule is CC(C)C1NC(=O)[C@@H](N)Cc2cc(Br)c3c(c2)[C@]24c5cccc(c5NC2O3)-c2cccc3c2C(=C(Cl)C3)c2oc(nc2Cl)-c2nc1oc24. The molecule has 0 saturated heterocycles. The fourth-order valence-electron chi connectivity index (χ4n) is 8.16. The molecule has 0 radical (unpaired) electrons. The number of nitrogens with one attached hydrogen (secondary N) is 2. The smallest absolute Gasteiger partial charge is 0.250 e. The first kappa shape index (κ1) is 28.9. The van der Waals surface area contributed by atoms with Crippen molar-refractivity contribution in [2.24, 2.45) is 11.7 Å². The molecule has 4 N–H and O–H groups in total. The molecule has 5 aliphatic rings. The monoisotopic (exact) mass is 741 g/mol. The molecule has 2 aromatic heterocycles. The Balaban J connectivity index is 1.40. The van der Waals surface area contributed by atoms with E-state index >= 15 is 0 Å². The predicted molar refractivity (Wildman–Crippen MR) is 184 cm³/mol. The van der Waals surface area contributed by atoms with E-state index in [0.717, 1.165) is 49.1 Å². The second kappa shape index (κ2) is 9.75. The van der Waals surface area contributed by atoms with Crippen LogP contribution in [0.1, 0.15) is 65.1 Å². The lowest BCUT2D eigenvalue weighted by Gasteiger charge is -2.28. The van der Waals surface area contributed by atoms with Crippen LogP contribution in [0, 0.1) is 5.92 Å². The van der Waals surface area contributed by atoms with Gasteiger partial charge in [0.2, 0.25) is 11.8 Å². The van der Waals surface area contributed by atoms with Crippen LogP contribution in [0.15, 0.2) is 66.9 Å². The van der Waals surface area contributed by atoms with Crippen molar-refractivity contribution in [2.45, 2.75) is 50.4 Å². The molecule has 48 heavy (non-hydrogen) atoms. The van der Waals surface area contributed by atoms with Gasteiger partial charge in [0.05, 0.1) is 10.5 Å². The maximum absolute atomic E-state index is 13.5. The van der Waals surface area contributed by atoms with Gasteiger partial charge in [-0.1, -0.05) is 79.5 Å². The number of allylic oxidation sites excluding steroid dienone is 1. The molecule has 10 rings (SSSR count). The number of para-hydroxylation sites is 1. The number of oxazole rings is 2. The number of aromatic nitrogens is 2. The van der Waals surface area contributed by atoms with E-state index in [-0.39, 0.29) is 22.9 Å². The molecule has 5 aromatic rings. The van der Waals surface area contributed by atoms with Crippen molar-refractivity contribution in [1.29, 1.82) is 0 Å². The molecule has 0 saturated carbocycles. The van der Waals surface area contributed by atoms with Crippen molar-refractivity contribution in [1.82, 2.24) is 15.3 Å². The molecule has 9 nitrogen and oxygen atoms in total. The number of nitrogens with zero attached hydrogens (tertiary/aromatic N) is 2. The van der Waals surface area contributed by atoms with E-state index in [1.807, 2.05) is 26.0 Å². The summed E-state index contributed by atoms with van der Waals surface area (Å²) in [6.45, 7) is 3.99. The van der Waals surface area contributed by atoms with Gasteiger partial charge < -0.3 is 29.9 Å². The first-order valence-corrected chi connectivity index (χ1v) is 17.3. The number of halogens is 3. The second-order valence-electron chi connectivity index (χ2n) is 13.3. The van der Waals surface area contributed by atoms with Crippen LogP contribution in [-0.2, 0) is 23.1 Å². The zero-order chi connectivity index (χ0) is 32.8. The summed E-state index contributed by atoms with van der Waals surface area (Å²) in [7, 11) is 0. The third kappa shape index (κ3) is 3.58. The van der Waals surface area contributed by atoms with E-state index in [1.54, 1.807) is 0 Å². The molecule has 240 valence electrons. The van der Waals surface area contributed by atoms with E-state index in [0.29, 0.717) is 52.3 Å². The highest BCUT2D eigenvalue weighted by Crippen LogP contribution is 2.63. The molecule has 12 heteroatoms. The highest BCUT2D eigenvalue weighted by molar-refractivity contribution is 9.10. The Hall–Kier alpha value is -4.09. The first-order valence-electron chi connectivity index (χ1n) is 15.8. The normalized spacial score (nSPS) is 24.0. The molecule has 4 aliphatic heterocycles. The summed E-state index contributed by atoms with van der Waals surface area (Å²) in [4.78, 5) is 23.3. The lowest BCUT2D eigenvalue weighted by atomic mass is 9.72. The quantitative estimate of drug-likeness (QED) is 0.162. The van der Waals surface area contributed by atoms with Gasteiger partial charge in [-0.2, -0.15) is 4.98 Å². The van der Waals surface area contributed by atoms with Crippen molar-refractivity contribution in [3.8, 4) is 28.5 Å². The Morgan fingerprint density at radius 1 is 1.04 bits per heavy atom. The Morgan fingerprint density at radius 2 is 1.85 bits per heavy atom. The minimum absolute atomic E-state index is 0.0964. The molecular weight excluding hydrogens is 717 g/mol. The minimum Gasteiger partial charge on any atom is -0.467 e. The van der Waals surface area contributed by atoms with Crippen molar-refractivity contribution in [3.05, 3.63) is 108 Å². The topological polar surface area (TPSA) is 128 Å². The second-order valence-corrected chi connectivity index (χ2v) is 15.0. The molecule has 3 aromatic carbocycles. The summed E-state index contributed by atoms with van der Waals surface area (Å²) < 4.78 is 21.1. The Labute approximate surface area is 293 Å². The van der Waals surface area contributed by atoms with Gasteiger partial charge in [-0.05, 0) is 56.6 Å². The number of rotatable bonds is 1. The fraction of sp³-hybridized carbons (Fsp3) is 0.250. The number of amides is 1. The summed E-state index contributed by atoms with van der Waals surface area (Å²) in [5.41, 5.74) is 14.0. The molecule has 1 aliphatic carbocycles. The maximum Gasteiger partial charge on any atom is 0.250 e. The van der Waals surface area contributed by atoms with Crippen LogP contribution in [0.4, 0.5) is 5.69 Å². The third-order valence-corrected chi connectivity index (χ3v) is 11.4. The van der Waals surface area contributed by atoms with E-state index in [1.165, 1.54) is 0 Å². The number of carbonyl (C=O) groups is 1. The number of fused-ring (bicyclic) bond motifs is 7. The number of anilines is 1. The lowest BCUT2D eigenvalue weighted by molar-refractivity contribution is -0.123. The molecule has 2 unspecified atom stereocenters. The first-order chi connectivity index (χ1) is 23.1. The van der Waals surface area contributed by atoms with Crippen molar-refractivity contribution >= 4 is 56.3 Å². The molecule has 1 spiro atoms. The summed E-state index contributed by atoms with van der Waals surface area (Å²) >= 11 is 17.7. The number of benzene rings is 3. The number of hydrogen-bond donors (Lipinski definition) is 3. The van der Waals surface area contributed by atoms with E-state index in [9.17, 15) is 4.79 Å². The Kier molecular flexibility index (Phi) is 5.87. The van der Waals surface area contributed by atoms with Gasteiger partial charge in [0, 0.05) is 39.4 Å². The average molecular weight is 743 g/mol. The summed E-state index contributed by atoms with van der Waals surface area (Å²) in [6, 6.07) is 15.1. The number of ether oxygens (including phenoxy) is 1.